The molecule has 45 heavy (non-hydrogen) atoms. The number of hydrogen-bond acceptors (Lipinski definition) is 6. The molecule has 0 aliphatic carbocycles. The summed E-state index contributed by atoms with van der Waals surface area (Å²) >= 11 is 12.1. The molecule has 0 heterocycles. The Balaban J connectivity index is 0.000000338. The van der Waals surface area contributed by atoms with Crippen LogP contribution in [0.15, 0.2) is 54.6 Å². The SMILES string of the molecule is CC(C)c1ccc(CS(C)(=O)=O)c(Cl)c1.CC(C)c1ccc(CS(C)(=O)=O)cc1.Cc1cc(C(C)C)cc(Cl)c1CS(C)(=O)=O. The Bertz CT molecular complexity index is 1720. The second-order valence-corrected chi connectivity index (χ2v) is 19.8. The van der Waals surface area contributed by atoms with E-state index in [9.17, 15) is 25.3 Å². The van der Waals surface area contributed by atoms with Crippen molar-refractivity contribution in [2.75, 3.05) is 18.8 Å². The fraction of sp³-hybridized carbons (Fsp3) is 0.471. The number of rotatable bonds is 9. The summed E-state index contributed by atoms with van der Waals surface area (Å²) < 4.78 is 66.8. The second-order valence-electron chi connectivity index (χ2n) is 12.6. The summed E-state index contributed by atoms with van der Waals surface area (Å²) in [5.74, 6) is 1.42. The molecule has 0 saturated heterocycles. The van der Waals surface area contributed by atoms with Crippen LogP contribution in [0.4, 0.5) is 0 Å². The van der Waals surface area contributed by atoms with Crippen LogP contribution in [0.1, 0.15) is 98.2 Å². The minimum Gasteiger partial charge on any atom is -0.229 e. The maximum absolute atomic E-state index is 11.3. The Hall–Kier alpha value is -1.91. The molecule has 0 spiro atoms. The van der Waals surface area contributed by atoms with Crippen molar-refractivity contribution in [1.82, 2.24) is 0 Å². The van der Waals surface area contributed by atoms with Crippen molar-refractivity contribution in [3.63, 3.8) is 0 Å². The van der Waals surface area contributed by atoms with Gasteiger partial charge in [0.25, 0.3) is 0 Å². The van der Waals surface area contributed by atoms with Crippen molar-refractivity contribution < 1.29 is 25.3 Å². The molecule has 0 saturated carbocycles. The number of halogens is 2. The van der Waals surface area contributed by atoms with Crippen LogP contribution >= 0.6 is 23.2 Å². The summed E-state index contributed by atoms with van der Waals surface area (Å²) in [5, 5.41) is 1.08. The first-order valence-corrected chi connectivity index (χ1v) is 21.5. The van der Waals surface area contributed by atoms with Crippen molar-refractivity contribution in [2.45, 2.75) is 83.5 Å². The van der Waals surface area contributed by atoms with Crippen LogP contribution in [0.2, 0.25) is 10.0 Å². The highest BCUT2D eigenvalue weighted by Gasteiger charge is 2.14. The molecule has 0 aliphatic heterocycles. The predicted octanol–water partition coefficient (Wildman–Crippen LogP) is 8.68. The van der Waals surface area contributed by atoms with E-state index >= 15 is 0 Å². The second kappa shape index (κ2) is 17.3. The van der Waals surface area contributed by atoms with Gasteiger partial charge in [0, 0.05) is 28.8 Å². The van der Waals surface area contributed by atoms with E-state index in [2.05, 4.69) is 41.5 Å². The van der Waals surface area contributed by atoms with Gasteiger partial charge in [0.15, 0.2) is 29.5 Å². The molecule has 0 aromatic heterocycles. The summed E-state index contributed by atoms with van der Waals surface area (Å²) in [6, 6.07) is 17.2. The Morgan fingerprint density at radius 2 is 0.956 bits per heavy atom. The molecule has 0 aliphatic rings. The van der Waals surface area contributed by atoms with Crippen molar-refractivity contribution in [2.24, 2.45) is 0 Å². The third-order valence-corrected chi connectivity index (χ3v) is 9.95. The first kappa shape index (κ1) is 41.1. The molecular formula is C34H48Cl2O6S3. The molecule has 0 unspecified atom stereocenters. The monoisotopic (exact) mass is 718 g/mol. The average Bonchev–Trinajstić information content (AvgIpc) is 2.86. The number of aryl methyl sites for hydroxylation is 1. The molecule has 3 aromatic rings. The molecule has 0 bridgehead atoms. The minimum absolute atomic E-state index is 0.00418. The normalized spacial score (nSPS) is 12.1. The smallest absolute Gasteiger partial charge is 0.151 e. The Kier molecular flexibility index (Phi) is 15.8. The third kappa shape index (κ3) is 16.5. The number of benzene rings is 3. The average molecular weight is 720 g/mol. The first-order chi connectivity index (χ1) is 20.4. The fourth-order valence-electron chi connectivity index (χ4n) is 4.20. The fourth-order valence-corrected chi connectivity index (χ4v) is 7.48. The zero-order valence-electron chi connectivity index (χ0n) is 28.0. The van der Waals surface area contributed by atoms with Gasteiger partial charge in [-0.25, -0.2) is 25.3 Å². The van der Waals surface area contributed by atoms with Gasteiger partial charge < -0.3 is 0 Å². The van der Waals surface area contributed by atoms with E-state index in [4.69, 9.17) is 23.2 Å². The van der Waals surface area contributed by atoms with E-state index in [1.807, 2.05) is 55.5 Å². The highest BCUT2D eigenvalue weighted by Crippen LogP contribution is 2.28. The lowest BCUT2D eigenvalue weighted by Gasteiger charge is -2.12. The van der Waals surface area contributed by atoms with E-state index in [0.717, 1.165) is 22.3 Å². The molecule has 0 atom stereocenters. The van der Waals surface area contributed by atoms with Crippen molar-refractivity contribution in [1.29, 1.82) is 0 Å². The van der Waals surface area contributed by atoms with Gasteiger partial charge in [-0.1, -0.05) is 107 Å². The highest BCUT2D eigenvalue weighted by atomic mass is 35.5. The molecule has 3 aromatic carbocycles. The molecule has 6 nitrogen and oxygen atoms in total. The quantitative estimate of drug-likeness (QED) is 0.219. The van der Waals surface area contributed by atoms with Crippen LogP contribution < -0.4 is 0 Å². The predicted molar refractivity (Wildman–Crippen MR) is 192 cm³/mol. The lowest BCUT2D eigenvalue weighted by molar-refractivity contribution is 0.599. The van der Waals surface area contributed by atoms with Gasteiger partial charge in [-0.2, -0.15) is 0 Å². The first-order valence-electron chi connectivity index (χ1n) is 14.6. The zero-order chi connectivity index (χ0) is 34.9. The van der Waals surface area contributed by atoms with Gasteiger partial charge in [0.05, 0.1) is 17.3 Å². The molecule has 0 amide bonds. The standard InChI is InChI=1S/C12H17ClO2S.C11H15ClO2S.C11H16O2S/c1-8(2)10-5-9(3)11(12(13)6-10)7-16(4,14)15;1-8(2)9-4-5-10(11(12)6-9)7-15(3,13)14;1-9(2)11-6-4-10(5-7-11)8-14(3,12)13/h5-6,8H,7H2,1-4H3;4-6,8H,7H2,1-3H3;4-7,9H,8H2,1-3H3. The maximum atomic E-state index is 11.3. The van der Waals surface area contributed by atoms with Crippen LogP contribution in [0.3, 0.4) is 0 Å². The lowest BCUT2D eigenvalue weighted by Crippen LogP contribution is -2.04. The van der Waals surface area contributed by atoms with Crippen molar-refractivity contribution >= 4 is 52.7 Å². The van der Waals surface area contributed by atoms with Gasteiger partial charge >= 0.3 is 0 Å². The Morgan fingerprint density at radius 3 is 1.33 bits per heavy atom. The van der Waals surface area contributed by atoms with E-state index in [-0.39, 0.29) is 17.3 Å². The lowest BCUT2D eigenvalue weighted by atomic mass is 9.98. The van der Waals surface area contributed by atoms with Gasteiger partial charge in [0.1, 0.15) is 0 Å². The number of sulfone groups is 3. The van der Waals surface area contributed by atoms with Gasteiger partial charge in [-0.05, 0) is 75.8 Å². The van der Waals surface area contributed by atoms with Crippen LogP contribution in [0.5, 0.6) is 0 Å². The molecule has 11 heteroatoms. The Morgan fingerprint density at radius 1 is 0.533 bits per heavy atom. The van der Waals surface area contributed by atoms with Gasteiger partial charge in [0.2, 0.25) is 0 Å². The topological polar surface area (TPSA) is 102 Å². The summed E-state index contributed by atoms with van der Waals surface area (Å²) in [6.07, 6.45) is 3.68. The molecular weight excluding hydrogens is 671 g/mol. The van der Waals surface area contributed by atoms with Crippen LogP contribution in [0.25, 0.3) is 0 Å². The summed E-state index contributed by atoms with van der Waals surface area (Å²) in [7, 11) is -8.97. The Labute approximate surface area is 282 Å². The maximum Gasteiger partial charge on any atom is 0.151 e. The van der Waals surface area contributed by atoms with Gasteiger partial charge in [-0.3, -0.25) is 0 Å². The molecule has 0 fully saturated rings. The van der Waals surface area contributed by atoms with Crippen molar-refractivity contribution in [3.05, 3.63) is 104 Å². The zero-order valence-corrected chi connectivity index (χ0v) is 31.9. The molecule has 0 radical (unpaired) electrons. The van der Waals surface area contributed by atoms with Gasteiger partial charge in [-0.15, -0.1) is 0 Å². The van der Waals surface area contributed by atoms with E-state index < -0.39 is 29.5 Å². The molecule has 3 rings (SSSR count). The number of hydrogen-bond donors (Lipinski definition) is 0. The van der Waals surface area contributed by atoms with E-state index in [1.54, 1.807) is 6.07 Å². The van der Waals surface area contributed by atoms with Crippen LogP contribution in [-0.4, -0.2) is 44.0 Å². The van der Waals surface area contributed by atoms with E-state index in [0.29, 0.717) is 38.9 Å². The summed E-state index contributed by atoms with van der Waals surface area (Å²) in [6.45, 7) is 14.4. The summed E-state index contributed by atoms with van der Waals surface area (Å²) in [4.78, 5) is 0. The largest absolute Gasteiger partial charge is 0.229 e. The molecule has 0 N–H and O–H groups in total. The highest BCUT2D eigenvalue weighted by molar-refractivity contribution is 7.90. The molecule has 252 valence electrons. The van der Waals surface area contributed by atoms with E-state index in [1.165, 1.54) is 24.3 Å². The van der Waals surface area contributed by atoms with Crippen LogP contribution in [0, 0.1) is 6.92 Å². The minimum atomic E-state index is -3.04. The van der Waals surface area contributed by atoms with Crippen LogP contribution in [-0.2, 0) is 46.8 Å². The summed E-state index contributed by atoms with van der Waals surface area (Å²) in [5.41, 5.74) is 6.69. The third-order valence-electron chi connectivity index (χ3n) is 6.75. The van der Waals surface area contributed by atoms with Crippen molar-refractivity contribution in [3.8, 4) is 0 Å².